The van der Waals surface area contributed by atoms with Crippen molar-refractivity contribution in [1.29, 1.82) is 0 Å². The molecular formula is C6H7F2NO2. The minimum Gasteiger partial charge on any atom is -0.389 e. The summed E-state index contributed by atoms with van der Waals surface area (Å²) in [5.41, 5.74) is -0.160. The second-order valence-electron chi connectivity index (χ2n) is 2.60. The highest BCUT2D eigenvalue weighted by Crippen LogP contribution is 2.27. The van der Waals surface area contributed by atoms with Crippen LogP contribution in [0, 0.1) is 5.92 Å². The van der Waals surface area contributed by atoms with E-state index in [4.69, 9.17) is 9.57 Å². The maximum Gasteiger partial charge on any atom is 0.280 e. The first kappa shape index (κ1) is 6.97. The molecule has 2 heterocycles. The molecule has 0 spiro atoms. The minimum atomic E-state index is -2.51. The summed E-state index contributed by atoms with van der Waals surface area (Å²) >= 11 is 0. The van der Waals surface area contributed by atoms with Crippen LogP contribution in [0.2, 0.25) is 0 Å². The lowest BCUT2D eigenvalue weighted by molar-refractivity contribution is 0.0554. The molecule has 0 bridgehead atoms. The molecule has 0 N–H and O–H groups in total. The quantitative estimate of drug-likeness (QED) is 0.568. The molecule has 0 aromatic heterocycles. The molecule has 2 aliphatic rings. The molecule has 0 aliphatic carbocycles. The van der Waals surface area contributed by atoms with Gasteiger partial charge >= 0.3 is 0 Å². The van der Waals surface area contributed by atoms with Gasteiger partial charge in [-0.05, 0) is 0 Å². The highest BCUT2D eigenvalue weighted by molar-refractivity contribution is 5.91. The van der Waals surface area contributed by atoms with E-state index >= 15 is 0 Å². The van der Waals surface area contributed by atoms with Gasteiger partial charge in [0.2, 0.25) is 0 Å². The van der Waals surface area contributed by atoms with Crippen molar-refractivity contribution in [2.24, 2.45) is 11.1 Å². The number of ether oxygens (including phenoxy) is 1. The Balaban J connectivity index is 2.12. The smallest absolute Gasteiger partial charge is 0.280 e. The van der Waals surface area contributed by atoms with Crippen LogP contribution in [0.5, 0.6) is 0 Å². The molecular weight excluding hydrogens is 156 g/mol. The number of alkyl halides is 2. The van der Waals surface area contributed by atoms with Gasteiger partial charge in [-0.15, -0.1) is 0 Å². The average molecular weight is 163 g/mol. The summed E-state index contributed by atoms with van der Waals surface area (Å²) in [5.74, 6) is -0.310. The Hall–Kier alpha value is -0.710. The molecule has 62 valence electrons. The standard InChI is InChI=1S/C6H7F2NO2/c7-6(8)5-3-1-10-2-4(3)11-9-5/h3-4,6H,1-2H2. The number of rotatable bonds is 1. The maximum absolute atomic E-state index is 12.1. The lowest BCUT2D eigenvalue weighted by Crippen LogP contribution is -2.25. The molecule has 0 aromatic carbocycles. The van der Waals surface area contributed by atoms with Crippen molar-refractivity contribution >= 4 is 5.71 Å². The van der Waals surface area contributed by atoms with Crippen molar-refractivity contribution in [3.63, 3.8) is 0 Å². The van der Waals surface area contributed by atoms with Gasteiger partial charge in [0, 0.05) is 0 Å². The van der Waals surface area contributed by atoms with Crippen LogP contribution >= 0.6 is 0 Å². The Kier molecular flexibility index (Phi) is 1.52. The first-order valence-electron chi connectivity index (χ1n) is 3.38. The lowest BCUT2D eigenvalue weighted by atomic mass is 10.0. The van der Waals surface area contributed by atoms with E-state index in [1.54, 1.807) is 0 Å². The number of nitrogens with zero attached hydrogens (tertiary/aromatic N) is 1. The number of hydrogen-bond donors (Lipinski definition) is 0. The van der Waals surface area contributed by atoms with E-state index in [1.807, 2.05) is 0 Å². The topological polar surface area (TPSA) is 30.8 Å². The first-order valence-corrected chi connectivity index (χ1v) is 3.38. The van der Waals surface area contributed by atoms with E-state index in [-0.39, 0.29) is 17.7 Å². The second kappa shape index (κ2) is 2.41. The van der Waals surface area contributed by atoms with E-state index < -0.39 is 6.43 Å². The van der Waals surface area contributed by atoms with Crippen molar-refractivity contribution in [1.82, 2.24) is 0 Å². The Morgan fingerprint density at radius 1 is 1.45 bits per heavy atom. The molecule has 2 aliphatic heterocycles. The normalized spacial score (nSPS) is 35.4. The van der Waals surface area contributed by atoms with E-state index in [2.05, 4.69) is 5.16 Å². The lowest BCUT2D eigenvalue weighted by Gasteiger charge is -2.04. The second-order valence-corrected chi connectivity index (χ2v) is 2.60. The van der Waals surface area contributed by atoms with Gasteiger partial charge in [-0.2, -0.15) is 0 Å². The van der Waals surface area contributed by atoms with Crippen molar-refractivity contribution in [2.75, 3.05) is 13.2 Å². The molecule has 0 radical (unpaired) electrons. The molecule has 1 fully saturated rings. The molecule has 0 amide bonds. The number of oxime groups is 1. The highest BCUT2D eigenvalue weighted by atomic mass is 19.3. The molecule has 3 nitrogen and oxygen atoms in total. The SMILES string of the molecule is FC(F)C1=NOC2COCC12. The average Bonchev–Trinajstić information content (AvgIpc) is 2.41. The van der Waals surface area contributed by atoms with E-state index in [9.17, 15) is 8.78 Å². The van der Waals surface area contributed by atoms with E-state index in [1.165, 1.54) is 0 Å². The number of halogens is 2. The van der Waals surface area contributed by atoms with Crippen LogP contribution < -0.4 is 0 Å². The van der Waals surface area contributed by atoms with Crippen molar-refractivity contribution < 1.29 is 18.4 Å². The van der Waals surface area contributed by atoms with Gasteiger partial charge in [0.15, 0.2) is 6.10 Å². The molecule has 2 unspecified atom stereocenters. The van der Waals surface area contributed by atoms with Crippen molar-refractivity contribution in [2.45, 2.75) is 12.5 Å². The summed E-state index contributed by atoms with van der Waals surface area (Å²) < 4.78 is 29.2. The van der Waals surface area contributed by atoms with Crippen molar-refractivity contribution in [3.05, 3.63) is 0 Å². The molecule has 11 heavy (non-hydrogen) atoms. The van der Waals surface area contributed by atoms with Gasteiger partial charge in [0.25, 0.3) is 6.43 Å². The van der Waals surface area contributed by atoms with Crippen LogP contribution in [0.25, 0.3) is 0 Å². The molecule has 2 atom stereocenters. The fourth-order valence-electron chi connectivity index (χ4n) is 1.31. The van der Waals surface area contributed by atoms with Crippen molar-refractivity contribution in [3.8, 4) is 0 Å². The Morgan fingerprint density at radius 3 is 3.00 bits per heavy atom. The summed E-state index contributed by atoms with van der Waals surface area (Å²) in [7, 11) is 0. The van der Waals surface area contributed by atoms with Crippen LogP contribution in [-0.2, 0) is 9.57 Å². The zero-order valence-electron chi connectivity index (χ0n) is 5.67. The Bertz CT molecular complexity index is 195. The van der Waals surface area contributed by atoms with Crippen LogP contribution in [-0.4, -0.2) is 31.5 Å². The summed E-state index contributed by atoms with van der Waals surface area (Å²) in [6, 6.07) is 0. The van der Waals surface area contributed by atoms with Gasteiger partial charge in [-0.1, -0.05) is 5.16 Å². The zero-order valence-corrected chi connectivity index (χ0v) is 5.67. The fourth-order valence-corrected chi connectivity index (χ4v) is 1.31. The molecule has 0 aromatic rings. The van der Waals surface area contributed by atoms with Crippen LogP contribution in [0.4, 0.5) is 8.78 Å². The number of fused-ring (bicyclic) bond motifs is 1. The van der Waals surface area contributed by atoms with Gasteiger partial charge in [0.1, 0.15) is 5.71 Å². The Labute approximate surface area is 62.0 Å². The largest absolute Gasteiger partial charge is 0.389 e. The third-order valence-electron chi connectivity index (χ3n) is 1.93. The summed E-state index contributed by atoms with van der Waals surface area (Å²) in [4.78, 5) is 4.73. The fraction of sp³-hybridized carbons (Fsp3) is 0.833. The summed E-state index contributed by atoms with van der Waals surface area (Å²) in [6.45, 7) is 0.693. The third-order valence-corrected chi connectivity index (χ3v) is 1.93. The van der Waals surface area contributed by atoms with E-state index in [0.717, 1.165) is 0 Å². The van der Waals surface area contributed by atoms with Gasteiger partial charge in [-0.3, -0.25) is 0 Å². The molecule has 0 saturated carbocycles. The van der Waals surface area contributed by atoms with Crippen LogP contribution in [0.3, 0.4) is 0 Å². The van der Waals surface area contributed by atoms with E-state index in [0.29, 0.717) is 13.2 Å². The molecule has 5 heteroatoms. The monoisotopic (exact) mass is 163 g/mol. The molecule has 2 rings (SSSR count). The number of hydrogen-bond acceptors (Lipinski definition) is 3. The minimum absolute atomic E-state index is 0.160. The maximum atomic E-state index is 12.1. The first-order chi connectivity index (χ1) is 5.29. The van der Waals surface area contributed by atoms with Gasteiger partial charge in [0.05, 0.1) is 19.1 Å². The summed E-state index contributed by atoms with van der Waals surface area (Å²) in [5, 5.41) is 3.31. The molecule has 1 saturated heterocycles. The van der Waals surface area contributed by atoms with Gasteiger partial charge < -0.3 is 9.57 Å². The van der Waals surface area contributed by atoms with Crippen LogP contribution in [0.15, 0.2) is 5.16 Å². The highest BCUT2D eigenvalue weighted by Gasteiger charge is 2.42. The van der Waals surface area contributed by atoms with Crippen LogP contribution in [0.1, 0.15) is 0 Å². The summed E-state index contributed by atoms with van der Waals surface area (Å²) in [6.07, 6.45) is -2.77. The zero-order chi connectivity index (χ0) is 7.84. The third kappa shape index (κ3) is 0.994. The van der Waals surface area contributed by atoms with Gasteiger partial charge in [-0.25, -0.2) is 8.78 Å². The predicted octanol–water partition coefficient (Wildman–Crippen LogP) is 0.653. The predicted molar refractivity (Wildman–Crippen MR) is 32.6 cm³/mol. The Morgan fingerprint density at radius 2 is 2.27 bits per heavy atom.